The van der Waals surface area contributed by atoms with Crippen molar-refractivity contribution >= 4 is 34.8 Å². The molecule has 0 unspecified atom stereocenters. The number of ether oxygens (including phenoxy) is 1. The summed E-state index contributed by atoms with van der Waals surface area (Å²) < 4.78 is 6.87. The van der Waals surface area contributed by atoms with Crippen LogP contribution in [0.4, 0.5) is 5.95 Å². The maximum Gasteiger partial charge on any atom is 0.240 e. The van der Waals surface area contributed by atoms with Crippen LogP contribution in [0.1, 0.15) is 0 Å². The van der Waals surface area contributed by atoms with Gasteiger partial charge in [-0.1, -0.05) is 29.3 Å². The Labute approximate surface area is 124 Å². The Hall–Kier alpha value is -1.98. The van der Waals surface area contributed by atoms with Gasteiger partial charge in [0.2, 0.25) is 5.95 Å². The molecule has 5 nitrogen and oxygen atoms in total. The van der Waals surface area contributed by atoms with Gasteiger partial charge in [-0.3, -0.25) is 0 Å². The Morgan fingerprint density at radius 1 is 1.15 bits per heavy atom. The minimum absolute atomic E-state index is 0.177. The molecule has 1 aromatic carbocycles. The van der Waals surface area contributed by atoms with Crippen LogP contribution >= 0.6 is 23.2 Å². The number of rotatable bonds is 2. The maximum absolute atomic E-state index is 6.05. The van der Waals surface area contributed by atoms with E-state index in [0.717, 1.165) is 11.3 Å². The average molecular weight is 309 g/mol. The molecule has 0 radical (unpaired) electrons. The quantitative estimate of drug-likeness (QED) is 0.789. The first-order chi connectivity index (χ1) is 9.60. The van der Waals surface area contributed by atoms with Crippen LogP contribution < -0.4 is 10.5 Å². The number of halogens is 2. The second-order valence-electron chi connectivity index (χ2n) is 4.12. The first-order valence-corrected chi connectivity index (χ1v) is 6.50. The van der Waals surface area contributed by atoms with Crippen molar-refractivity contribution in [3.63, 3.8) is 0 Å². The summed E-state index contributed by atoms with van der Waals surface area (Å²) in [7, 11) is 1.57. The molecular weight excluding hydrogens is 299 g/mol. The fourth-order valence-electron chi connectivity index (χ4n) is 1.99. The summed E-state index contributed by atoms with van der Waals surface area (Å²) in [5, 5.41) is 5.15. The fourth-order valence-corrected chi connectivity index (χ4v) is 2.29. The normalized spacial score (nSPS) is 10.9. The molecule has 0 spiro atoms. The molecule has 0 saturated carbocycles. The van der Waals surface area contributed by atoms with Crippen molar-refractivity contribution in [2.24, 2.45) is 0 Å². The lowest BCUT2D eigenvalue weighted by atomic mass is 10.1. The molecule has 0 bridgehead atoms. The van der Waals surface area contributed by atoms with Crippen molar-refractivity contribution in [1.29, 1.82) is 0 Å². The van der Waals surface area contributed by atoms with Gasteiger partial charge in [0.1, 0.15) is 0 Å². The van der Waals surface area contributed by atoms with Crippen molar-refractivity contribution in [3.8, 4) is 17.0 Å². The monoisotopic (exact) mass is 308 g/mol. The molecule has 0 atom stereocenters. The fraction of sp³-hybridized carbons (Fsp3) is 0.0769. The number of anilines is 1. The maximum atomic E-state index is 6.05. The number of pyridine rings is 1. The Morgan fingerprint density at radius 2 is 1.95 bits per heavy atom. The van der Waals surface area contributed by atoms with Gasteiger partial charge >= 0.3 is 0 Å². The standard InChI is InChI=1S/C13H10Cl2N4O/c1-20-11-5-4-10(19-12(11)17-13(16)18-19)7-2-3-8(14)9(15)6-7/h2-6H,1H3,(H2,16,18). The number of hydrogen-bond donors (Lipinski definition) is 1. The van der Waals surface area contributed by atoms with E-state index in [-0.39, 0.29) is 5.95 Å². The number of nitrogen functional groups attached to an aromatic ring is 1. The summed E-state index contributed by atoms with van der Waals surface area (Å²) in [6.07, 6.45) is 0. The largest absolute Gasteiger partial charge is 0.493 e. The number of fused-ring (bicyclic) bond motifs is 1. The summed E-state index contributed by atoms with van der Waals surface area (Å²) in [6.45, 7) is 0. The molecular formula is C13H10Cl2N4O. The van der Waals surface area contributed by atoms with E-state index in [2.05, 4.69) is 10.1 Å². The van der Waals surface area contributed by atoms with Crippen LogP contribution in [0.3, 0.4) is 0 Å². The van der Waals surface area contributed by atoms with E-state index < -0.39 is 0 Å². The molecule has 0 aliphatic heterocycles. The number of hydrogen-bond acceptors (Lipinski definition) is 4. The van der Waals surface area contributed by atoms with Crippen molar-refractivity contribution in [2.45, 2.75) is 0 Å². The van der Waals surface area contributed by atoms with Gasteiger partial charge in [-0.15, -0.1) is 5.10 Å². The second kappa shape index (κ2) is 4.85. The van der Waals surface area contributed by atoms with Crippen molar-refractivity contribution < 1.29 is 4.74 Å². The van der Waals surface area contributed by atoms with Crippen molar-refractivity contribution in [3.05, 3.63) is 40.4 Å². The van der Waals surface area contributed by atoms with Gasteiger partial charge in [-0.2, -0.15) is 4.98 Å². The van der Waals surface area contributed by atoms with Crippen LogP contribution in [0.15, 0.2) is 30.3 Å². The number of nitrogens with zero attached hydrogens (tertiary/aromatic N) is 3. The van der Waals surface area contributed by atoms with Gasteiger partial charge in [0.05, 0.1) is 22.8 Å². The van der Waals surface area contributed by atoms with Gasteiger partial charge in [0.15, 0.2) is 11.4 Å². The second-order valence-corrected chi connectivity index (χ2v) is 4.94. The Kier molecular flexibility index (Phi) is 3.16. The molecule has 3 aromatic rings. The third kappa shape index (κ3) is 2.05. The molecule has 0 saturated heterocycles. The highest BCUT2D eigenvalue weighted by molar-refractivity contribution is 6.42. The summed E-state index contributed by atoms with van der Waals surface area (Å²) in [5.41, 5.74) is 7.87. The van der Waals surface area contributed by atoms with E-state index in [9.17, 15) is 0 Å². The van der Waals surface area contributed by atoms with E-state index >= 15 is 0 Å². The predicted octanol–water partition coefficient (Wildman–Crippen LogP) is 3.29. The van der Waals surface area contributed by atoms with Crippen molar-refractivity contribution in [2.75, 3.05) is 12.8 Å². The molecule has 2 N–H and O–H groups in total. The number of nitrogens with two attached hydrogens (primary N) is 1. The molecule has 0 amide bonds. The van der Waals surface area contributed by atoms with Gasteiger partial charge in [0.25, 0.3) is 0 Å². The zero-order valence-electron chi connectivity index (χ0n) is 10.5. The average Bonchev–Trinajstić information content (AvgIpc) is 2.82. The molecule has 3 rings (SSSR count). The predicted molar refractivity (Wildman–Crippen MR) is 79.4 cm³/mol. The lowest BCUT2D eigenvalue weighted by Gasteiger charge is -2.08. The van der Waals surface area contributed by atoms with Crippen LogP contribution in [-0.2, 0) is 0 Å². The lowest BCUT2D eigenvalue weighted by molar-refractivity contribution is 0.416. The first-order valence-electron chi connectivity index (χ1n) is 5.75. The lowest BCUT2D eigenvalue weighted by Crippen LogP contribution is -1.97. The highest BCUT2D eigenvalue weighted by atomic mass is 35.5. The molecule has 7 heteroatoms. The Bertz CT molecular complexity index is 800. The van der Waals surface area contributed by atoms with E-state index in [4.69, 9.17) is 33.7 Å². The molecule has 0 aliphatic carbocycles. The summed E-state index contributed by atoms with van der Waals surface area (Å²) in [6, 6.07) is 9.02. The van der Waals surface area contributed by atoms with Gasteiger partial charge in [0, 0.05) is 5.56 Å². The Balaban J connectivity index is 2.28. The van der Waals surface area contributed by atoms with Crippen LogP contribution in [0, 0.1) is 0 Å². The molecule has 20 heavy (non-hydrogen) atoms. The number of benzene rings is 1. The third-order valence-corrected chi connectivity index (χ3v) is 3.64. The molecule has 102 valence electrons. The van der Waals surface area contributed by atoms with E-state index in [0.29, 0.717) is 21.4 Å². The van der Waals surface area contributed by atoms with Crippen LogP contribution in [0.5, 0.6) is 5.75 Å². The Morgan fingerprint density at radius 3 is 2.65 bits per heavy atom. The van der Waals surface area contributed by atoms with E-state index in [1.807, 2.05) is 12.1 Å². The number of methoxy groups -OCH3 is 1. The highest BCUT2D eigenvalue weighted by Gasteiger charge is 2.13. The highest BCUT2D eigenvalue weighted by Crippen LogP contribution is 2.30. The van der Waals surface area contributed by atoms with E-state index in [1.165, 1.54) is 0 Å². The summed E-state index contributed by atoms with van der Waals surface area (Å²) in [5.74, 6) is 0.772. The molecule has 0 aliphatic rings. The smallest absolute Gasteiger partial charge is 0.240 e. The summed E-state index contributed by atoms with van der Waals surface area (Å²) >= 11 is 12.0. The van der Waals surface area contributed by atoms with Gasteiger partial charge in [-0.05, 0) is 24.3 Å². The first kappa shape index (κ1) is 13.0. The minimum atomic E-state index is 0.177. The summed E-state index contributed by atoms with van der Waals surface area (Å²) in [4.78, 5) is 4.16. The minimum Gasteiger partial charge on any atom is -0.493 e. The molecule has 2 heterocycles. The zero-order chi connectivity index (χ0) is 14.3. The topological polar surface area (TPSA) is 65.4 Å². The van der Waals surface area contributed by atoms with E-state index in [1.54, 1.807) is 29.8 Å². The van der Waals surface area contributed by atoms with Gasteiger partial charge < -0.3 is 10.5 Å². The van der Waals surface area contributed by atoms with Gasteiger partial charge in [-0.25, -0.2) is 4.52 Å². The van der Waals surface area contributed by atoms with Crippen LogP contribution in [0.25, 0.3) is 16.9 Å². The zero-order valence-corrected chi connectivity index (χ0v) is 12.0. The van der Waals surface area contributed by atoms with Crippen LogP contribution in [-0.4, -0.2) is 21.7 Å². The molecule has 2 aromatic heterocycles. The SMILES string of the molecule is COc1ccc(-c2ccc(Cl)c(Cl)c2)n2nc(N)nc12. The number of aromatic nitrogens is 3. The van der Waals surface area contributed by atoms with Crippen molar-refractivity contribution in [1.82, 2.24) is 14.6 Å². The third-order valence-electron chi connectivity index (χ3n) is 2.90. The molecule has 0 fully saturated rings. The van der Waals surface area contributed by atoms with Crippen LogP contribution in [0.2, 0.25) is 10.0 Å².